The summed E-state index contributed by atoms with van der Waals surface area (Å²) in [7, 11) is 0. The molecule has 1 saturated heterocycles. The zero-order chi connectivity index (χ0) is 43.0. The van der Waals surface area contributed by atoms with Crippen LogP contribution in [-0.4, -0.2) is 89.0 Å². The summed E-state index contributed by atoms with van der Waals surface area (Å²) >= 11 is 0. The third kappa shape index (κ3) is 30.5. The van der Waals surface area contributed by atoms with Gasteiger partial charge in [0, 0.05) is 12.5 Å². The van der Waals surface area contributed by atoms with E-state index in [2.05, 4.69) is 38.2 Å². The zero-order valence-electron chi connectivity index (χ0n) is 36.5. The van der Waals surface area contributed by atoms with Crippen molar-refractivity contribution >= 4 is 11.9 Å². The van der Waals surface area contributed by atoms with Gasteiger partial charge in [-0.3, -0.25) is 4.79 Å². The monoisotopic (exact) mass is 829 g/mol. The number of esters is 2. The first-order valence-electron chi connectivity index (χ1n) is 22.8. The van der Waals surface area contributed by atoms with Crippen LogP contribution in [0.1, 0.15) is 155 Å². The Morgan fingerprint density at radius 2 is 1.03 bits per heavy atom. The normalized spacial score (nSPS) is 20.8. The van der Waals surface area contributed by atoms with Crippen LogP contribution in [0.2, 0.25) is 0 Å². The molecule has 0 unspecified atom stereocenters. The second-order valence-corrected chi connectivity index (χ2v) is 15.3. The van der Waals surface area contributed by atoms with E-state index in [-0.39, 0.29) is 19.6 Å². The number of aliphatic hydroxyl groups excluding tert-OH is 4. The molecule has 1 aliphatic rings. The van der Waals surface area contributed by atoms with E-state index in [0.717, 1.165) is 44.9 Å². The molecule has 0 amide bonds. The van der Waals surface area contributed by atoms with Gasteiger partial charge in [0.1, 0.15) is 31.0 Å². The van der Waals surface area contributed by atoms with Crippen LogP contribution in [0.25, 0.3) is 0 Å². The summed E-state index contributed by atoms with van der Waals surface area (Å²) in [4.78, 5) is 25.2. The zero-order valence-corrected chi connectivity index (χ0v) is 36.5. The fraction of sp³-hybridized carbons (Fsp3) is 0.673. The highest BCUT2D eigenvalue weighted by molar-refractivity contribution is 5.82. The lowest BCUT2D eigenvalue weighted by molar-refractivity contribution is -0.305. The molecule has 0 spiro atoms. The summed E-state index contributed by atoms with van der Waals surface area (Å²) in [5.74, 6) is -1.14. The second-order valence-electron chi connectivity index (χ2n) is 15.3. The molecule has 1 rings (SSSR count). The minimum atomic E-state index is -1.63. The Balaban J connectivity index is 2.47. The van der Waals surface area contributed by atoms with Crippen molar-refractivity contribution in [2.75, 3.05) is 19.8 Å². The van der Waals surface area contributed by atoms with E-state index in [0.29, 0.717) is 6.42 Å². The predicted molar refractivity (Wildman–Crippen MR) is 237 cm³/mol. The van der Waals surface area contributed by atoms with Gasteiger partial charge < -0.3 is 39.4 Å². The van der Waals surface area contributed by atoms with E-state index < -0.39 is 55.4 Å². The fourth-order valence-corrected chi connectivity index (χ4v) is 6.37. The van der Waals surface area contributed by atoms with Crippen LogP contribution in [0.15, 0.2) is 85.1 Å². The predicted octanol–water partition coefficient (Wildman–Crippen LogP) is 9.77. The van der Waals surface area contributed by atoms with Gasteiger partial charge in [0.25, 0.3) is 0 Å². The summed E-state index contributed by atoms with van der Waals surface area (Å²) < 4.78 is 21.9. The van der Waals surface area contributed by atoms with E-state index in [4.69, 9.17) is 18.9 Å². The Hall–Kier alpha value is -3.12. The van der Waals surface area contributed by atoms with Gasteiger partial charge >= 0.3 is 11.9 Å². The Morgan fingerprint density at radius 3 is 1.58 bits per heavy atom. The minimum Gasteiger partial charge on any atom is -0.462 e. The van der Waals surface area contributed by atoms with Gasteiger partial charge in [0.2, 0.25) is 0 Å². The maximum absolute atomic E-state index is 12.6. The average Bonchev–Trinajstić information content (AvgIpc) is 3.23. The summed E-state index contributed by atoms with van der Waals surface area (Å²) in [6.45, 7) is 3.22. The maximum atomic E-state index is 12.6. The number of hydrogen-bond donors (Lipinski definition) is 4. The molecule has 1 heterocycles. The van der Waals surface area contributed by atoms with Crippen molar-refractivity contribution in [2.24, 2.45) is 0 Å². The SMILES string of the molecule is CCCCCCCC/C=C/CCCCCCCC(=O)OC[C@H](CO[C@@H]1O[C@H](CO)[C@H](O)[C@H](O)[C@H]1O)OC(=O)/C=C/C=C/C=C/C=C/C=C/C=C/CCCCCCCCC. The largest absolute Gasteiger partial charge is 0.462 e. The molecule has 0 aromatic heterocycles. The molecule has 0 saturated carbocycles. The molecule has 4 N–H and O–H groups in total. The van der Waals surface area contributed by atoms with E-state index in [1.165, 1.54) is 95.6 Å². The van der Waals surface area contributed by atoms with Gasteiger partial charge in [-0.15, -0.1) is 0 Å². The van der Waals surface area contributed by atoms with Gasteiger partial charge in [-0.2, -0.15) is 0 Å². The van der Waals surface area contributed by atoms with Crippen LogP contribution in [0.5, 0.6) is 0 Å². The third-order valence-electron chi connectivity index (χ3n) is 9.99. The van der Waals surface area contributed by atoms with Gasteiger partial charge in [-0.25, -0.2) is 4.79 Å². The highest BCUT2D eigenvalue weighted by Gasteiger charge is 2.44. The average molecular weight is 829 g/mol. The lowest BCUT2D eigenvalue weighted by atomic mass is 9.99. The fourth-order valence-electron chi connectivity index (χ4n) is 6.37. The van der Waals surface area contributed by atoms with Crippen LogP contribution in [0, 0.1) is 0 Å². The molecule has 0 aromatic rings. The maximum Gasteiger partial charge on any atom is 0.331 e. The molecule has 0 bridgehead atoms. The smallest absolute Gasteiger partial charge is 0.331 e. The number of hydrogen-bond acceptors (Lipinski definition) is 10. The van der Waals surface area contributed by atoms with Crippen molar-refractivity contribution in [3.05, 3.63) is 85.1 Å². The number of ether oxygens (including phenoxy) is 4. The molecule has 10 heteroatoms. The summed E-state index contributed by atoms with van der Waals surface area (Å²) in [5.41, 5.74) is 0. The molecule has 1 fully saturated rings. The molecule has 0 aromatic carbocycles. The third-order valence-corrected chi connectivity index (χ3v) is 9.99. The molecule has 10 nitrogen and oxygen atoms in total. The number of allylic oxidation sites excluding steroid dienone is 13. The topological polar surface area (TPSA) is 152 Å². The van der Waals surface area contributed by atoms with Gasteiger partial charge in [0.05, 0.1) is 13.2 Å². The Kier molecular flexibility index (Phi) is 35.7. The van der Waals surface area contributed by atoms with Crippen molar-refractivity contribution in [1.82, 2.24) is 0 Å². The molecular formula is C49H80O10. The van der Waals surface area contributed by atoms with E-state index >= 15 is 0 Å². The van der Waals surface area contributed by atoms with Crippen molar-refractivity contribution < 1.29 is 49.0 Å². The molecule has 1 aliphatic heterocycles. The number of carbonyl (C=O) groups is 2. The number of aliphatic hydroxyl groups is 4. The standard InChI is InChI=1S/C49H80O10/c1-3-5-7-9-11-13-15-17-19-20-21-22-24-26-28-30-32-34-36-38-45(52)58-42(41-57-49-48(55)47(54)46(53)43(39-50)59-49)40-56-44(51)37-35-33-31-29-27-25-23-18-16-14-12-10-8-6-4-2/h18-24,26,28,30,32,34,36,38,42-43,46-50,53-55H,3-17,25,27,29,31,33,35,37,39-41H2,1-2H3/b20-19+,22-21+,23-18+,26-24+,30-28+,34-32+,38-36+/t42-,43-,46+,47+,48-,49-/m1/s1. The van der Waals surface area contributed by atoms with Crippen LogP contribution in [0.4, 0.5) is 0 Å². The summed E-state index contributed by atoms with van der Waals surface area (Å²) in [6, 6.07) is 0. The van der Waals surface area contributed by atoms with Crippen LogP contribution in [-0.2, 0) is 28.5 Å². The van der Waals surface area contributed by atoms with Gasteiger partial charge in [-0.1, -0.05) is 183 Å². The second kappa shape index (κ2) is 39.0. The summed E-state index contributed by atoms with van der Waals surface area (Å²) in [5, 5.41) is 40.0. The highest BCUT2D eigenvalue weighted by Crippen LogP contribution is 2.22. The molecule has 336 valence electrons. The van der Waals surface area contributed by atoms with Crippen molar-refractivity contribution in [1.29, 1.82) is 0 Å². The van der Waals surface area contributed by atoms with Crippen LogP contribution < -0.4 is 0 Å². The minimum absolute atomic E-state index is 0.229. The molecule has 0 radical (unpaired) electrons. The lowest BCUT2D eigenvalue weighted by Gasteiger charge is -2.39. The molecule has 59 heavy (non-hydrogen) atoms. The Morgan fingerprint density at radius 1 is 0.559 bits per heavy atom. The quantitative estimate of drug-likeness (QED) is 0.0158. The van der Waals surface area contributed by atoms with Crippen molar-refractivity contribution in [2.45, 2.75) is 192 Å². The van der Waals surface area contributed by atoms with Crippen LogP contribution in [0.3, 0.4) is 0 Å². The van der Waals surface area contributed by atoms with E-state index in [1.54, 1.807) is 12.2 Å². The number of unbranched alkanes of at least 4 members (excludes halogenated alkanes) is 18. The van der Waals surface area contributed by atoms with Crippen LogP contribution >= 0.6 is 0 Å². The molecular weight excluding hydrogens is 749 g/mol. The highest BCUT2D eigenvalue weighted by atomic mass is 16.7. The van der Waals surface area contributed by atoms with Crippen molar-refractivity contribution in [3.8, 4) is 0 Å². The van der Waals surface area contributed by atoms with Crippen molar-refractivity contribution in [3.63, 3.8) is 0 Å². The summed E-state index contributed by atoms with van der Waals surface area (Å²) in [6.07, 6.45) is 43.7. The van der Waals surface area contributed by atoms with Gasteiger partial charge in [0.15, 0.2) is 12.4 Å². The molecule has 0 aliphatic carbocycles. The Bertz CT molecular complexity index is 1230. The first-order chi connectivity index (χ1) is 28.8. The first kappa shape index (κ1) is 53.9. The Labute approximate surface area is 356 Å². The van der Waals surface area contributed by atoms with E-state index in [1.807, 2.05) is 36.5 Å². The first-order valence-corrected chi connectivity index (χ1v) is 22.8. The van der Waals surface area contributed by atoms with Gasteiger partial charge in [-0.05, 0) is 44.9 Å². The molecule has 6 atom stereocenters. The van der Waals surface area contributed by atoms with E-state index in [9.17, 15) is 30.0 Å². The lowest BCUT2D eigenvalue weighted by Crippen LogP contribution is -2.59. The number of carbonyl (C=O) groups excluding carboxylic acids is 2. The number of rotatable bonds is 36.